The molecule has 1 heterocycles. The number of carbonyl (C=O) groups is 2. The number of carboxylic acids is 1. The Bertz CT molecular complexity index is 487. The molecule has 5 nitrogen and oxygen atoms in total. The molecule has 2 atom stereocenters. The van der Waals surface area contributed by atoms with Crippen LogP contribution in [0.5, 0.6) is 0 Å². The first-order valence-electron chi connectivity index (χ1n) is 6.86. The number of hydrogen-bond donors (Lipinski definition) is 3. The van der Waals surface area contributed by atoms with Crippen molar-refractivity contribution >= 4 is 23.3 Å². The number of hydrogen-bond acceptors (Lipinski definition) is 3. The van der Waals surface area contributed by atoms with Crippen LogP contribution in [0.4, 0.5) is 4.79 Å². The zero-order chi connectivity index (χ0) is 14.5. The van der Waals surface area contributed by atoms with Crippen LogP contribution in [0, 0.1) is 12.8 Å². The van der Waals surface area contributed by atoms with E-state index in [4.69, 9.17) is 5.11 Å². The maximum atomic E-state index is 11.9. The molecule has 1 aliphatic rings. The van der Waals surface area contributed by atoms with E-state index in [1.165, 1.54) is 0 Å². The monoisotopic (exact) mass is 296 g/mol. The molecule has 1 aromatic heterocycles. The molecule has 1 fully saturated rings. The first-order chi connectivity index (χ1) is 9.58. The largest absolute Gasteiger partial charge is 0.481 e. The van der Waals surface area contributed by atoms with Crippen LogP contribution < -0.4 is 10.6 Å². The molecule has 3 N–H and O–H groups in total. The van der Waals surface area contributed by atoms with E-state index < -0.39 is 11.9 Å². The first kappa shape index (κ1) is 14.8. The number of nitrogens with one attached hydrogen (secondary N) is 2. The number of thiophene rings is 1. The van der Waals surface area contributed by atoms with E-state index in [0.29, 0.717) is 13.0 Å². The summed E-state index contributed by atoms with van der Waals surface area (Å²) in [5.74, 6) is -1.28. The smallest absolute Gasteiger partial charge is 0.315 e. The van der Waals surface area contributed by atoms with Crippen LogP contribution in [0.15, 0.2) is 10.8 Å². The molecule has 110 valence electrons. The zero-order valence-corrected chi connectivity index (χ0v) is 12.3. The molecule has 1 aliphatic carbocycles. The van der Waals surface area contributed by atoms with Gasteiger partial charge in [-0.3, -0.25) is 4.79 Å². The first-order valence-corrected chi connectivity index (χ1v) is 7.81. The van der Waals surface area contributed by atoms with Crippen molar-refractivity contribution in [2.75, 3.05) is 0 Å². The molecule has 0 spiro atoms. The van der Waals surface area contributed by atoms with Crippen molar-refractivity contribution in [1.29, 1.82) is 0 Å². The van der Waals surface area contributed by atoms with E-state index in [2.05, 4.69) is 10.6 Å². The van der Waals surface area contributed by atoms with Crippen LogP contribution >= 0.6 is 11.3 Å². The third kappa shape index (κ3) is 3.72. The Balaban J connectivity index is 1.84. The second-order valence-electron chi connectivity index (χ2n) is 5.24. The zero-order valence-electron chi connectivity index (χ0n) is 11.5. The van der Waals surface area contributed by atoms with Gasteiger partial charge < -0.3 is 15.7 Å². The van der Waals surface area contributed by atoms with Gasteiger partial charge in [0.2, 0.25) is 0 Å². The molecule has 0 aromatic carbocycles. The normalized spacial score (nSPS) is 22.2. The third-order valence-electron chi connectivity index (χ3n) is 3.80. The number of carbonyl (C=O) groups excluding carboxylic acids is 1. The van der Waals surface area contributed by atoms with Crippen LogP contribution in [0.1, 0.15) is 36.8 Å². The fourth-order valence-corrected chi connectivity index (χ4v) is 3.42. The molecule has 2 rings (SSSR count). The van der Waals surface area contributed by atoms with Gasteiger partial charge in [-0.1, -0.05) is 12.8 Å². The Morgan fingerprint density at radius 1 is 1.35 bits per heavy atom. The Morgan fingerprint density at radius 3 is 2.75 bits per heavy atom. The predicted octanol–water partition coefficient (Wildman–Crippen LogP) is 2.50. The van der Waals surface area contributed by atoms with Gasteiger partial charge in [-0.25, -0.2) is 4.79 Å². The highest BCUT2D eigenvalue weighted by Crippen LogP contribution is 2.24. The van der Waals surface area contributed by atoms with Crippen molar-refractivity contribution in [1.82, 2.24) is 10.6 Å². The fraction of sp³-hybridized carbons (Fsp3) is 0.571. The number of aliphatic carboxylic acids is 1. The maximum absolute atomic E-state index is 11.9. The van der Waals surface area contributed by atoms with E-state index >= 15 is 0 Å². The second-order valence-corrected chi connectivity index (χ2v) is 5.99. The minimum atomic E-state index is -0.816. The van der Waals surface area contributed by atoms with E-state index in [9.17, 15) is 9.59 Å². The third-order valence-corrected chi connectivity index (χ3v) is 4.71. The molecule has 0 aliphatic heterocycles. The van der Waals surface area contributed by atoms with Gasteiger partial charge in [0.1, 0.15) is 0 Å². The highest BCUT2D eigenvalue weighted by molar-refractivity contribution is 7.08. The van der Waals surface area contributed by atoms with Crippen LogP contribution in [0.25, 0.3) is 0 Å². The van der Waals surface area contributed by atoms with E-state index in [-0.39, 0.29) is 12.1 Å². The Hall–Kier alpha value is -1.56. The lowest BCUT2D eigenvalue weighted by Gasteiger charge is -2.29. The number of amides is 2. The van der Waals surface area contributed by atoms with Crippen molar-refractivity contribution in [3.8, 4) is 0 Å². The minimum Gasteiger partial charge on any atom is -0.481 e. The molecule has 1 saturated carbocycles. The highest BCUT2D eigenvalue weighted by Gasteiger charge is 2.31. The van der Waals surface area contributed by atoms with Crippen molar-refractivity contribution in [2.24, 2.45) is 5.92 Å². The molecule has 2 unspecified atom stereocenters. The van der Waals surface area contributed by atoms with Gasteiger partial charge in [0.05, 0.1) is 5.92 Å². The average molecular weight is 296 g/mol. The average Bonchev–Trinajstić information content (AvgIpc) is 2.82. The summed E-state index contributed by atoms with van der Waals surface area (Å²) in [4.78, 5) is 23.0. The van der Waals surface area contributed by atoms with Crippen molar-refractivity contribution in [3.63, 3.8) is 0 Å². The standard InChI is InChI=1S/C14H20N2O3S/c1-9-7-20-8-10(9)6-15-14(19)16-12-5-3-2-4-11(12)13(17)18/h7-8,11-12H,2-6H2,1H3,(H,17,18)(H2,15,16,19). The molecule has 2 amide bonds. The number of urea groups is 1. The molecule has 20 heavy (non-hydrogen) atoms. The van der Waals surface area contributed by atoms with Crippen LogP contribution in [0.3, 0.4) is 0 Å². The van der Waals surface area contributed by atoms with Crippen molar-refractivity contribution < 1.29 is 14.7 Å². The summed E-state index contributed by atoms with van der Waals surface area (Å²) in [6.07, 6.45) is 3.27. The Labute approximate surface area is 122 Å². The van der Waals surface area contributed by atoms with Gasteiger partial charge in [-0.05, 0) is 41.7 Å². The number of carboxylic acid groups (broad SMARTS) is 1. The topological polar surface area (TPSA) is 78.4 Å². The summed E-state index contributed by atoms with van der Waals surface area (Å²) < 4.78 is 0. The van der Waals surface area contributed by atoms with E-state index in [0.717, 1.165) is 30.4 Å². The molecule has 6 heteroatoms. The van der Waals surface area contributed by atoms with Gasteiger partial charge in [0.25, 0.3) is 0 Å². The molecule has 0 bridgehead atoms. The number of aryl methyl sites for hydroxylation is 1. The quantitative estimate of drug-likeness (QED) is 0.798. The lowest BCUT2D eigenvalue weighted by Crippen LogP contribution is -2.48. The second kappa shape index (κ2) is 6.74. The summed E-state index contributed by atoms with van der Waals surface area (Å²) in [6, 6.07) is -0.543. The lowest BCUT2D eigenvalue weighted by molar-refractivity contribution is -0.143. The van der Waals surface area contributed by atoms with Crippen LogP contribution in [0.2, 0.25) is 0 Å². The van der Waals surface area contributed by atoms with Gasteiger partial charge in [-0.15, -0.1) is 0 Å². The van der Waals surface area contributed by atoms with Crippen LogP contribution in [-0.4, -0.2) is 23.1 Å². The number of rotatable bonds is 4. The van der Waals surface area contributed by atoms with Gasteiger partial charge in [-0.2, -0.15) is 11.3 Å². The summed E-state index contributed by atoms with van der Waals surface area (Å²) in [6.45, 7) is 2.48. The van der Waals surface area contributed by atoms with E-state index in [1.54, 1.807) is 11.3 Å². The maximum Gasteiger partial charge on any atom is 0.315 e. The van der Waals surface area contributed by atoms with Crippen LogP contribution in [-0.2, 0) is 11.3 Å². The highest BCUT2D eigenvalue weighted by atomic mass is 32.1. The molecule has 0 radical (unpaired) electrons. The van der Waals surface area contributed by atoms with Crippen molar-refractivity contribution in [3.05, 3.63) is 21.9 Å². The molecular weight excluding hydrogens is 276 g/mol. The minimum absolute atomic E-state index is 0.259. The summed E-state index contributed by atoms with van der Waals surface area (Å²) in [5, 5.41) is 18.8. The summed E-state index contributed by atoms with van der Waals surface area (Å²) >= 11 is 1.61. The molecule has 1 aromatic rings. The summed E-state index contributed by atoms with van der Waals surface area (Å²) in [5.41, 5.74) is 2.26. The molecular formula is C14H20N2O3S. The fourth-order valence-electron chi connectivity index (χ4n) is 2.56. The van der Waals surface area contributed by atoms with Gasteiger partial charge in [0, 0.05) is 12.6 Å². The van der Waals surface area contributed by atoms with Gasteiger partial charge in [0.15, 0.2) is 0 Å². The van der Waals surface area contributed by atoms with E-state index in [1.807, 2.05) is 17.7 Å². The van der Waals surface area contributed by atoms with Gasteiger partial charge >= 0.3 is 12.0 Å². The SMILES string of the molecule is Cc1cscc1CNC(=O)NC1CCCCC1C(=O)O. The lowest BCUT2D eigenvalue weighted by atomic mass is 9.84. The Morgan fingerprint density at radius 2 is 2.10 bits per heavy atom. The Kier molecular flexibility index (Phi) is 5.00. The van der Waals surface area contributed by atoms with Crippen molar-refractivity contribution in [2.45, 2.75) is 45.2 Å². The molecule has 0 saturated heterocycles. The predicted molar refractivity (Wildman–Crippen MR) is 77.8 cm³/mol. The summed E-state index contributed by atoms with van der Waals surface area (Å²) in [7, 11) is 0.